The third-order valence-corrected chi connectivity index (χ3v) is 7.15. The number of thiazole rings is 1. The molecule has 0 aliphatic carbocycles. The quantitative estimate of drug-likeness (QED) is 0.712. The number of nitrogens with zero attached hydrogens (tertiary/aromatic N) is 2. The molecule has 0 bridgehead atoms. The molecule has 3 aromatic rings. The Hall–Kier alpha value is -1.58. The molecule has 1 aromatic carbocycles. The predicted molar refractivity (Wildman–Crippen MR) is 92.9 cm³/mol. The summed E-state index contributed by atoms with van der Waals surface area (Å²) in [5, 5.41) is 13.0. The van der Waals surface area contributed by atoms with Gasteiger partial charge in [0.05, 0.1) is 0 Å². The van der Waals surface area contributed by atoms with E-state index in [1.807, 2.05) is 23.6 Å². The number of pyridine rings is 1. The number of hydrogen-bond acceptors (Lipinski definition) is 5. The van der Waals surface area contributed by atoms with E-state index in [-0.39, 0.29) is 21.5 Å². The van der Waals surface area contributed by atoms with E-state index >= 15 is 0 Å². The first-order chi connectivity index (χ1) is 10.6. The molecule has 1 N–H and O–H groups in total. The number of benzene rings is 1. The topological polar surface area (TPSA) is 55.2 Å². The molecule has 0 spiro atoms. The van der Waals surface area contributed by atoms with Crippen LogP contribution in [-0.4, -0.2) is 37.9 Å². The number of ether oxygens (including phenoxy) is 1. The number of aromatic hydroxyl groups is 1. The summed E-state index contributed by atoms with van der Waals surface area (Å²) >= 11 is 1.49. The molecule has 0 fully saturated rings. The summed E-state index contributed by atoms with van der Waals surface area (Å²) in [6, 6.07) is 7.15. The summed E-state index contributed by atoms with van der Waals surface area (Å²) in [6.45, 7) is 4.46. The molecule has 1 unspecified atom stereocenters. The van der Waals surface area contributed by atoms with Crippen molar-refractivity contribution in [2.75, 3.05) is 7.11 Å². The first kappa shape index (κ1) is 15.3. The van der Waals surface area contributed by atoms with E-state index in [9.17, 15) is 5.11 Å². The molecule has 0 aliphatic rings. The van der Waals surface area contributed by atoms with E-state index < -0.39 is 0 Å². The summed E-state index contributed by atoms with van der Waals surface area (Å²) in [5.41, 5.74) is 2.25. The van der Waals surface area contributed by atoms with E-state index in [4.69, 9.17) is 4.74 Å². The van der Waals surface area contributed by atoms with Gasteiger partial charge >= 0.3 is 140 Å². The van der Waals surface area contributed by atoms with Gasteiger partial charge < -0.3 is 0 Å². The predicted octanol–water partition coefficient (Wildman–Crippen LogP) is 2.96. The molecule has 0 saturated carbocycles. The van der Waals surface area contributed by atoms with E-state index in [1.54, 1.807) is 24.5 Å². The Labute approximate surface area is 139 Å². The normalized spacial score (nSPS) is 11.8. The van der Waals surface area contributed by atoms with Gasteiger partial charge in [0.2, 0.25) is 0 Å². The van der Waals surface area contributed by atoms with Gasteiger partial charge in [-0.3, -0.25) is 0 Å². The summed E-state index contributed by atoms with van der Waals surface area (Å²) < 4.78 is 7.14. The van der Waals surface area contributed by atoms with Crippen LogP contribution in [0.4, 0.5) is 0 Å². The maximum atomic E-state index is 10.2. The zero-order valence-corrected chi connectivity index (χ0v) is 15.5. The van der Waals surface area contributed by atoms with Gasteiger partial charge in [0.1, 0.15) is 0 Å². The van der Waals surface area contributed by atoms with Gasteiger partial charge in [0, 0.05) is 0 Å². The third-order valence-electron chi connectivity index (χ3n) is 3.17. The van der Waals surface area contributed by atoms with Gasteiger partial charge in [0.15, 0.2) is 0 Å². The van der Waals surface area contributed by atoms with Gasteiger partial charge in [-0.05, 0) is 0 Å². The van der Waals surface area contributed by atoms with Crippen LogP contribution >= 0.6 is 11.3 Å². The first-order valence-electron chi connectivity index (χ1n) is 6.97. The Bertz CT molecular complexity index is 817. The van der Waals surface area contributed by atoms with Crippen LogP contribution in [0.15, 0.2) is 29.6 Å². The van der Waals surface area contributed by atoms with Crippen LogP contribution in [0.5, 0.6) is 11.5 Å². The molecule has 6 heteroatoms. The zero-order valence-electron chi connectivity index (χ0n) is 12.6. The van der Waals surface area contributed by atoms with Crippen LogP contribution < -0.4 is 8.53 Å². The van der Waals surface area contributed by atoms with Crippen LogP contribution in [0.2, 0.25) is 4.71 Å². The van der Waals surface area contributed by atoms with E-state index in [2.05, 4.69) is 23.8 Å². The molecule has 0 amide bonds. The zero-order chi connectivity index (χ0) is 15.7. The number of fused-ring (bicyclic) bond motifs is 1. The second kappa shape index (κ2) is 6.27. The molecule has 114 valence electrons. The average molecular weight is 376 g/mol. The molecule has 0 aliphatic heterocycles. The fourth-order valence-corrected chi connectivity index (χ4v) is 6.22. The standard InChI is InChI=1S/C16H17AsN2O2S/c1-9(2)17-16-19-14(8-22-16)13-7-15(20)11-5-4-10(21-3)6-12(11)18-13/h4-9,17H,1-3H3,(H,18,20). The van der Waals surface area contributed by atoms with Crippen molar-refractivity contribution in [3.63, 3.8) is 0 Å². The fraction of sp³-hybridized carbons (Fsp3) is 0.250. The number of hydrogen-bond donors (Lipinski definition) is 1. The van der Waals surface area contributed by atoms with E-state index in [0.29, 0.717) is 15.9 Å². The monoisotopic (exact) mass is 376 g/mol. The summed E-state index contributed by atoms with van der Waals surface area (Å²) in [5.74, 6) is 0.944. The second-order valence-corrected chi connectivity index (χ2v) is 10.9. The molecule has 2 aromatic heterocycles. The Morgan fingerprint density at radius 3 is 2.73 bits per heavy atom. The average Bonchev–Trinajstić information content (AvgIpc) is 2.94. The third kappa shape index (κ3) is 3.11. The van der Waals surface area contributed by atoms with E-state index in [1.165, 1.54) is 3.80 Å². The molecular weight excluding hydrogens is 359 g/mol. The molecule has 0 radical (unpaired) electrons. The van der Waals surface area contributed by atoms with Gasteiger partial charge in [-0.25, -0.2) is 0 Å². The van der Waals surface area contributed by atoms with Gasteiger partial charge in [-0.2, -0.15) is 0 Å². The van der Waals surface area contributed by atoms with Crippen LogP contribution in [0.3, 0.4) is 0 Å². The van der Waals surface area contributed by atoms with Crippen LogP contribution in [0.25, 0.3) is 22.3 Å². The molecule has 1 atom stereocenters. The summed E-state index contributed by atoms with van der Waals surface area (Å²) in [7, 11) is 1.62. The Morgan fingerprint density at radius 1 is 1.18 bits per heavy atom. The van der Waals surface area contributed by atoms with Crippen LogP contribution in [0.1, 0.15) is 13.8 Å². The molecule has 4 nitrogen and oxygen atoms in total. The first-order valence-corrected chi connectivity index (χ1v) is 10.1. The minimum absolute atomic E-state index is 0.196. The van der Waals surface area contributed by atoms with E-state index in [0.717, 1.165) is 16.8 Å². The van der Waals surface area contributed by atoms with Crippen molar-refractivity contribution >= 4 is 41.8 Å². The van der Waals surface area contributed by atoms with Crippen molar-refractivity contribution in [2.45, 2.75) is 18.6 Å². The van der Waals surface area contributed by atoms with Crippen molar-refractivity contribution in [1.82, 2.24) is 9.97 Å². The molecule has 3 rings (SSSR count). The fourth-order valence-electron chi connectivity index (χ4n) is 2.15. The molecule has 2 heterocycles. The van der Waals surface area contributed by atoms with Gasteiger partial charge in [0.25, 0.3) is 0 Å². The van der Waals surface area contributed by atoms with Crippen molar-refractivity contribution in [1.29, 1.82) is 0 Å². The van der Waals surface area contributed by atoms with Crippen molar-refractivity contribution in [3.05, 3.63) is 29.6 Å². The van der Waals surface area contributed by atoms with Crippen molar-refractivity contribution in [3.8, 4) is 22.9 Å². The van der Waals surface area contributed by atoms with Crippen LogP contribution in [-0.2, 0) is 0 Å². The Kier molecular flexibility index (Phi) is 4.36. The van der Waals surface area contributed by atoms with Gasteiger partial charge in [-0.1, -0.05) is 0 Å². The Balaban J connectivity index is 2.05. The maximum absolute atomic E-state index is 10.2. The minimum atomic E-state index is -0.196. The molecule has 0 saturated heterocycles. The summed E-state index contributed by atoms with van der Waals surface area (Å²) in [4.78, 5) is 9.31. The number of methoxy groups -OCH3 is 1. The SMILES string of the molecule is COc1ccc2c(O)cc(-c3csc([AsH]C(C)C)n3)nc2c1. The number of rotatable bonds is 4. The number of aromatic nitrogens is 2. The van der Waals surface area contributed by atoms with Crippen molar-refractivity contribution in [2.24, 2.45) is 0 Å². The van der Waals surface area contributed by atoms with Crippen molar-refractivity contribution < 1.29 is 9.84 Å². The molecule has 22 heavy (non-hydrogen) atoms. The van der Waals surface area contributed by atoms with Crippen LogP contribution in [0, 0.1) is 0 Å². The molecular formula is C16H17AsN2O2S. The second-order valence-electron chi connectivity index (χ2n) is 5.25. The summed E-state index contributed by atoms with van der Waals surface area (Å²) in [6.07, 6.45) is 0. The van der Waals surface area contributed by atoms with Gasteiger partial charge in [-0.15, -0.1) is 0 Å². The Morgan fingerprint density at radius 2 is 2.00 bits per heavy atom.